The molecule has 0 saturated carbocycles. The Morgan fingerprint density at radius 3 is 2.69 bits per heavy atom. The van der Waals surface area contributed by atoms with Crippen LogP contribution in [0.3, 0.4) is 0 Å². The maximum atomic E-state index is 10.4. The number of aromatic nitrogens is 4. The predicted molar refractivity (Wildman–Crippen MR) is 116 cm³/mol. The van der Waals surface area contributed by atoms with E-state index < -0.39 is 31.1 Å². The number of aliphatic hydroxyl groups is 3. The quantitative estimate of drug-likeness (QED) is 0.339. The Kier molecular flexibility index (Phi) is 4.44. The van der Waals surface area contributed by atoms with Crippen molar-refractivity contribution in [2.24, 2.45) is 0 Å². The number of hydrogen-bond donors (Lipinski definition) is 4. The first-order chi connectivity index (χ1) is 15.7. The topological polar surface area (TPSA) is 126 Å². The molecule has 0 bridgehead atoms. The Labute approximate surface area is 183 Å². The molecule has 1 aliphatic heterocycles. The first-order valence-electron chi connectivity index (χ1n) is 10.4. The number of ether oxygens (including phenoxy) is 1. The van der Waals surface area contributed by atoms with Crippen LogP contribution in [0.25, 0.3) is 22.3 Å². The number of anilines is 2. The highest BCUT2D eigenvalue weighted by molar-refractivity contribution is 5.88. The van der Waals surface area contributed by atoms with Gasteiger partial charge in [0.2, 0.25) is 0 Å². The van der Waals surface area contributed by atoms with Crippen molar-refractivity contribution in [1.29, 1.82) is 0 Å². The lowest BCUT2D eigenvalue weighted by molar-refractivity contribution is -0.0511. The summed E-state index contributed by atoms with van der Waals surface area (Å²) in [5.41, 5.74) is 6.84. The third-order valence-electron chi connectivity index (χ3n) is 6.25. The van der Waals surface area contributed by atoms with Crippen LogP contribution in [0.15, 0.2) is 55.1 Å². The maximum absolute atomic E-state index is 10.4. The molecule has 1 aliphatic carbocycles. The van der Waals surface area contributed by atoms with Gasteiger partial charge >= 0.3 is 0 Å². The number of fused-ring (bicyclic) bond motifs is 4. The summed E-state index contributed by atoms with van der Waals surface area (Å²) in [5, 5.41) is 33.3. The fraction of sp³-hybridized carbons (Fsp3) is 0.261. The summed E-state index contributed by atoms with van der Waals surface area (Å²) in [5.74, 6) is 0.532. The molecule has 0 amide bonds. The van der Waals surface area contributed by atoms with Crippen molar-refractivity contribution in [3.8, 4) is 11.1 Å². The highest BCUT2D eigenvalue weighted by Crippen LogP contribution is 2.41. The molecule has 1 saturated heterocycles. The van der Waals surface area contributed by atoms with Gasteiger partial charge in [0.25, 0.3) is 0 Å². The van der Waals surface area contributed by atoms with E-state index in [0.29, 0.717) is 17.0 Å². The zero-order chi connectivity index (χ0) is 21.8. The summed E-state index contributed by atoms with van der Waals surface area (Å²) in [6.07, 6.45) is -0.453. The fourth-order valence-corrected chi connectivity index (χ4v) is 4.64. The normalized spacial score (nSPS) is 24.0. The monoisotopic (exact) mass is 431 g/mol. The molecule has 4 atom stereocenters. The first kappa shape index (κ1) is 19.3. The minimum atomic E-state index is -1.22. The van der Waals surface area contributed by atoms with Gasteiger partial charge in [-0.15, -0.1) is 0 Å². The highest BCUT2D eigenvalue weighted by atomic mass is 16.6. The van der Waals surface area contributed by atoms with Gasteiger partial charge in [-0.2, -0.15) is 0 Å². The second-order valence-corrected chi connectivity index (χ2v) is 8.07. The molecule has 3 heterocycles. The van der Waals surface area contributed by atoms with Crippen LogP contribution in [0.4, 0.5) is 11.5 Å². The third kappa shape index (κ3) is 2.83. The summed E-state index contributed by atoms with van der Waals surface area (Å²) in [6, 6.07) is 14.5. The van der Waals surface area contributed by atoms with Crippen LogP contribution in [0.1, 0.15) is 17.4 Å². The molecule has 0 radical (unpaired) electrons. The summed E-state index contributed by atoms with van der Waals surface area (Å²) >= 11 is 0. The highest BCUT2D eigenvalue weighted by Gasteiger charge is 2.44. The number of aliphatic hydroxyl groups excluding tert-OH is 3. The van der Waals surface area contributed by atoms with Gasteiger partial charge < -0.3 is 25.4 Å². The largest absolute Gasteiger partial charge is 0.394 e. The van der Waals surface area contributed by atoms with Crippen molar-refractivity contribution >= 4 is 22.7 Å². The van der Waals surface area contributed by atoms with Gasteiger partial charge in [0.05, 0.1) is 12.9 Å². The lowest BCUT2D eigenvalue weighted by Crippen LogP contribution is -2.33. The molecular weight excluding hydrogens is 410 g/mol. The summed E-state index contributed by atoms with van der Waals surface area (Å²) in [6.45, 7) is -0.398. The van der Waals surface area contributed by atoms with E-state index in [4.69, 9.17) is 4.74 Å². The average Bonchev–Trinajstić information content (AvgIpc) is 3.49. The number of nitrogens with one attached hydrogen (secondary N) is 1. The van der Waals surface area contributed by atoms with Gasteiger partial charge in [0, 0.05) is 12.1 Å². The molecule has 9 nitrogen and oxygen atoms in total. The van der Waals surface area contributed by atoms with E-state index in [1.807, 2.05) is 18.2 Å². The molecule has 0 spiro atoms. The van der Waals surface area contributed by atoms with E-state index in [-0.39, 0.29) is 0 Å². The smallest absolute Gasteiger partial charge is 0.167 e. The van der Waals surface area contributed by atoms with Gasteiger partial charge in [-0.25, -0.2) is 15.0 Å². The Morgan fingerprint density at radius 2 is 1.84 bits per heavy atom. The van der Waals surface area contributed by atoms with Crippen molar-refractivity contribution in [2.45, 2.75) is 31.0 Å². The van der Waals surface area contributed by atoms with E-state index in [1.54, 1.807) is 4.57 Å². The molecule has 162 valence electrons. The minimum absolute atomic E-state index is 0.398. The standard InChI is InChI=1S/C23H21N5O4/c29-9-17-19(30)20(31)23(32-17)28-11-26-18-21(24-10-25-22(18)28)27-16-7-3-6-14-13-5-2-1-4-12(13)8-15(14)16/h1-7,10-11,17,19-20,23,29-31H,8-9H2,(H,24,25,27)/t17-,19?,20?,23-/m1/s1. The Balaban J connectivity index is 1.37. The van der Waals surface area contributed by atoms with Crippen LogP contribution >= 0.6 is 0 Å². The zero-order valence-corrected chi connectivity index (χ0v) is 17.0. The van der Waals surface area contributed by atoms with E-state index >= 15 is 0 Å². The van der Waals surface area contributed by atoms with Crippen LogP contribution in [0, 0.1) is 0 Å². The summed E-state index contributed by atoms with van der Waals surface area (Å²) in [4.78, 5) is 13.2. The number of nitrogens with zero attached hydrogens (tertiary/aromatic N) is 4. The molecule has 2 aliphatic rings. The second kappa shape index (κ2) is 7.35. The lowest BCUT2D eigenvalue weighted by Gasteiger charge is -2.16. The molecule has 2 aromatic heterocycles. The zero-order valence-electron chi connectivity index (χ0n) is 17.0. The van der Waals surface area contributed by atoms with Crippen LogP contribution in [0.2, 0.25) is 0 Å². The Hall–Kier alpha value is -3.37. The number of benzene rings is 2. The number of imidazole rings is 1. The molecule has 2 unspecified atom stereocenters. The van der Waals surface area contributed by atoms with E-state index in [0.717, 1.165) is 12.1 Å². The minimum Gasteiger partial charge on any atom is -0.394 e. The summed E-state index contributed by atoms with van der Waals surface area (Å²) < 4.78 is 7.19. The van der Waals surface area contributed by atoms with E-state index in [1.165, 1.54) is 34.9 Å². The van der Waals surface area contributed by atoms with Crippen LogP contribution in [0.5, 0.6) is 0 Å². The van der Waals surface area contributed by atoms with Crippen molar-refractivity contribution in [3.63, 3.8) is 0 Å². The molecule has 6 rings (SSSR count). The lowest BCUT2D eigenvalue weighted by atomic mass is 10.1. The van der Waals surface area contributed by atoms with E-state index in [9.17, 15) is 15.3 Å². The molecule has 32 heavy (non-hydrogen) atoms. The Bertz CT molecular complexity index is 1320. The van der Waals surface area contributed by atoms with Crippen molar-refractivity contribution in [2.75, 3.05) is 11.9 Å². The van der Waals surface area contributed by atoms with Crippen molar-refractivity contribution < 1.29 is 20.1 Å². The first-order valence-corrected chi connectivity index (χ1v) is 10.4. The molecular formula is C23H21N5O4. The molecule has 1 fully saturated rings. The van der Waals surface area contributed by atoms with Gasteiger partial charge in [-0.05, 0) is 28.3 Å². The fourth-order valence-electron chi connectivity index (χ4n) is 4.64. The van der Waals surface area contributed by atoms with Gasteiger partial charge in [-0.3, -0.25) is 4.57 Å². The molecule has 4 N–H and O–H groups in total. The SMILES string of the molecule is OC[C@H]1O[C@@H](n2cnc3c(Nc4cccc5c4Cc4ccccc4-5)ncnc32)C(O)C1O. The van der Waals surface area contributed by atoms with Gasteiger partial charge in [0.1, 0.15) is 24.6 Å². The Morgan fingerprint density at radius 1 is 1.00 bits per heavy atom. The van der Waals surface area contributed by atoms with Gasteiger partial charge in [0.15, 0.2) is 23.2 Å². The van der Waals surface area contributed by atoms with Gasteiger partial charge in [-0.1, -0.05) is 36.4 Å². The van der Waals surface area contributed by atoms with Crippen LogP contribution < -0.4 is 5.32 Å². The van der Waals surface area contributed by atoms with Crippen LogP contribution in [-0.4, -0.2) is 59.8 Å². The molecule has 4 aromatic rings. The average molecular weight is 431 g/mol. The second-order valence-electron chi connectivity index (χ2n) is 8.07. The third-order valence-corrected chi connectivity index (χ3v) is 6.25. The van der Waals surface area contributed by atoms with Crippen LogP contribution in [-0.2, 0) is 11.2 Å². The predicted octanol–water partition coefficient (Wildman–Crippen LogP) is 1.75. The molecule has 9 heteroatoms. The van der Waals surface area contributed by atoms with Crippen molar-refractivity contribution in [1.82, 2.24) is 19.5 Å². The number of hydrogen-bond acceptors (Lipinski definition) is 8. The van der Waals surface area contributed by atoms with Crippen molar-refractivity contribution in [3.05, 3.63) is 66.2 Å². The summed E-state index contributed by atoms with van der Waals surface area (Å²) in [7, 11) is 0. The molecule has 2 aromatic carbocycles. The maximum Gasteiger partial charge on any atom is 0.167 e. The van der Waals surface area contributed by atoms with E-state index in [2.05, 4.69) is 44.5 Å². The number of rotatable bonds is 4.